The molecule has 2 nitrogen and oxygen atoms in total. The Morgan fingerprint density at radius 2 is 1.74 bits per heavy atom. The lowest BCUT2D eigenvalue weighted by Gasteiger charge is -2.12. The standard InChI is InChI=1S/C14H10Cl2O2S/c15-11-7-6-10(8-12(11)16)19-13(14(17)18)9-4-2-1-3-5-9/h1-8,13H,(H,17,18). The number of rotatable bonds is 4. The van der Waals surface area contributed by atoms with Crippen molar-refractivity contribution in [3.05, 3.63) is 64.1 Å². The van der Waals surface area contributed by atoms with E-state index in [1.165, 1.54) is 11.8 Å². The second-order valence-electron chi connectivity index (χ2n) is 3.82. The molecule has 19 heavy (non-hydrogen) atoms. The van der Waals surface area contributed by atoms with E-state index in [0.29, 0.717) is 10.0 Å². The number of hydrogen-bond acceptors (Lipinski definition) is 2. The van der Waals surface area contributed by atoms with E-state index in [-0.39, 0.29) is 0 Å². The highest BCUT2D eigenvalue weighted by atomic mass is 35.5. The fraction of sp³-hybridized carbons (Fsp3) is 0.0714. The lowest BCUT2D eigenvalue weighted by Crippen LogP contribution is -2.07. The van der Waals surface area contributed by atoms with Gasteiger partial charge in [0.1, 0.15) is 5.25 Å². The average molecular weight is 313 g/mol. The molecule has 2 aromatic carbocycles. The van der Waals surface area contributed by atoms with Crippen molar-refractivity contribution < 1.29 is 9.90 Å². The molecular formula is C14H10Cl2O2S. The minimum Gasteiger partial charge on any atom is -0.480 e. The van der Waals surface area contributed by atoms with Crippen LogP contribution in [0.25, 0.3) is 0 Å². The summed E-state index contributed by atoms with van der Waals surface area (Å²) in [4.78, 5) is 12.1. The zero-order valence-corrected chi connectivity index (χ0v) is 12.0. The molecule has 0 amide bonds. The molecule has 98 valence electrons. The first-order valence-electron chi connectivity index (χ1n) is 5.47. The summed E-state index contributed by atoms with van der Waals surface area (Å²) in [5.74, 6) is -0.887. The zero-order chi connectivity index (χ0) is 13.8. The van der Waals surface area contributed by atoms with Gasteiger partial charge in [0.25, 0.3) is 0 Å². The highest BCUT2D eigenvalue weighted by Crippen LogP contribution is 2.37. The zero-order valence-electron chi connectivity index (χ0n) is 9.72. The van der Waals surface area contributed by atoms with Crippen molar-refractivity contribution >= 4 is 40.9 Å². The third-order valence-corrected chi connectivity index (χ3v) is 4.45. The highest BCUT2D eigenvalue weighted by Gasteiger charge is 2.21. The Bertz CT molecular complexity index is 587. The molecule has 1 unspecified atom stereocenters. The number of benzene rings is 2. The Kier molecular flexibility index (Phi) is 4.75. The van der Waals surface area contributed by atoms with Crippen LogP contribution in [-0.4, -0.2) is 11.1 Å². The average Bonchev–Trinajstić information content (AvgIpc) is 2.40. The summed E-state index contributed by atoms with van der Waals surface area (Å²) >= 11 is 13.0. The van der Waals surface area contributed by atoms with Gasteiger partial charge in [-0.3, -0.25) is 4.79 Å². The van der Waals surface area contributed by atoms with Gasteiger partial charge < -0.3 is 5.11 Å². The number of halogens is 2. The lowest BCUT2D eigenvalue weighted by molar-refractivity contribution is -0.136. The van der Waals surface area contributed by atoms with E-state index >= 15 is 0 Å². The summed E-state index contributed by atoms with van der Waals surface area (Å²) in [5, 5.41) is 9.54. The van der Waals surface area contributed by atoms with Gasteiger partial charge in [-0.05, 0) is 23.8 Å². The molecule has 0 aliphatic rings. The van der Waals surface area contributed by atoms with E-state index in [9.17, 15) is 9.90 Å². The molecule has 0 saturated heterocycles. The Morgan fingerprint density at radius 1 is 1.05 bits per heavy atom. The SMILES string of the molecule is O=C(O)C(Sc1ccc(Cl)c(Cl)c1)c1ccccc1. The molecule has 0 aromatic heterocycles. The van der Waals surface area contributed by atoms with Crippen LogP contribution in [-0.2, 0) is 4.79 Å². The van der Waals surface area contributed by atoms with E-state index in [1.807, 2.05) is 18.2 Å². The van der Waals surface area contributed by atoms with Crippen LogP contribution < -0.4 is 0 Å². The molecule has 0 aliphatic carbocycles. The summed E-state index contributed by atoms with van der Waals surface area (Å²) in [6.07, 6.45) is 0. The summed E-state index contributed by atoms with van der Waals surface area (Å²) in [7, 11) is 0. The smallest absolute Gasteiger partial charge is 0.321 e. The Balaban J connectivity index is 2.27. The third-order valence-electron chi connectivity index (χ3n) is 2.47. The molecule has 0 fully saturated rings. The van der Waals surface area contributed by atoms with Crippen molar-refractivity contribution in [3.8, 4) is 0 Å². The third kappa shape index (κ3) is 3.66. The maximum Gasteiger partial charge on any atom is 0.321 e. The van der Waals surface area contributed by atoms with E-state index in [1.54, 1.807) is 30.3 Å². The number of aliphatic carboxylic acids is 1. The topological polar surface area (TPSA) is 37.3 Å². The Hall–Kier alpha value is -1.16. The van der Waals surface area contributed by atoms with Gasteiger partial charge in [-0.25, -0.2) is 0 Å². The Labute approximate surface area is 125 Å². The minimum atomic E-state index is -0.887. The fourth-order valence-corrected chi connectivity index (χ4v) is 2.94. The van der Waals surface area contributed by atoms with Gasteiger partial charge >= 0.3 is 5.97 Å². The number of carboxylic acids is 1. The largest absolute Gasteiger partial charge is 0.480 e. The van der Waals surface area contributed by atoms with Gasteiger partial charge in [0.2, 0.25) is 0 Å². The monoisotopic (exact) mass is 312 g/mol. The number of carboxylic acid groups (broad SMARTS) is 1. The van der Waals surface area contributed by atoms with Crippen molar-refractivity contribution in [2.24, 2.45) is 0 Å². The molecular weight excluding hydrogens is 303 g/mol. The molecule has 0 saturated carbocycles. The van der Waals surface area contributed by atoms with Gasteiger partial charge in [-0.2, -0.15) is 0 Å². The van der Waals surface area contributed by atoms with Gasteiger partial charge in [0.15, 0.2) is 0 Å². The van der Waals surface area contributed by atoms with Gasteiger partial charge in [-0.15, -0.1) is 11.8 Å². The van der Waals surface area contributed by atoms with Gasteiger partial charge in [0, 0.05) is 4.90 Å². The maximum absolute atomic E-state index is 11.4. The minimum absolute atomic E-state index is 0.420. The van der Waals surface area contributed by atoms with Crippen LogP contribution in [0, 0.1) is 0 Å². The molecule has 0 bridgehead atoms. The molecule has 0 aliphatic heterocycles. The highest BCUT2D eigenvalue weighted by molar-refractivity contribution is 8.00. The summed E-state index contributed by atoms with van der Waals surface area (Å²) < 4.78 is 0. The first-order chi connectivity index (χ1) is 9.08. The maximum atomic E-state index is 11.4. The van der Waals surface area contributed by atoms with Gasteiger partial charge in [-0.1, -0.05) is 53.5 Å². The molecule has 1 atom stereocenters. The van der Waals surface area contributed by atoms with Crippen molar-refractivity contribution in [3.63, 3.8) is 0 Å². The van der Waals surface area contributed by atoms with Crippen LogP contribution >= 0.6 is 35.0 Å². The summed E-state index contributed by atoms with van der Waals surface area (Å²) in [6, 6.07) is 14.2. The van der Waals surface area contributed by atoms with Crippen LogP contribution in [0.4, 0.5) is 0 Å². The number of carbonyl (C=O) groups is 1. The van der Waals surface area contributed by atoms with E-state index in [0.717, 1.165) is 10.5 Å². The molecule has 2 rings (SSSR count). The molecule has 2 aromatic rings. The predicted octanol–water partition coefficient (Wildman–Crippen LogP) is 4.91. The van der Waals surface area contributed by atoms with E-state index in [2.05, 4.69) is 0 Å². The molecule has 5 heteroatoms. The van der Waals surface area contributed by atoms with E-state index < -0.39 is 11.2 Å². The lowest BCUT2D eigenvalue weighted by atomic mass is 10.1. The van der Waals surface area contributed by atoms with Crippen LogP contribution in [0.1, 0.15) is 10.8 Å². The summed E-state index contributed by atoms with van der Waals surface area (Å²) in [6.45, 7) is 0. The van der Waals surface area contributed by atoms with Crippen molar-refractivity contribution in [1.29, 1.82) is 0 Å². The molecule has 0 spiro atoms. The van der Waals surface area contributed by atoms with E-state index in [4.69, 9.17) is 23.2 Å². The quantitative estimate of drug-likeness (QED) is 0.815. The normalized spacial score (nSPS) is 12.1. The molecule has 0 heterocycles. The second-order valence-corrected chi connectivity index (χ2v) is 5.82. The number of thioether (sulfide) groups is 1. The molecule has 0 radical (unpaired) electrons. The fourth-order valence-electron chi connectivity index (χ4n) is 1.58. The van der Waals surface area contributed by atoms with Crippen LogP contribution in [0.15, 0.2) is 53.4 Å². The van der Waals surface area contributed by atoms with Crippen molar-refractivity contribution in [1.82, 2.24) is 0 Å². The van der Waals surface area contributed by atoms with Crippen molar-refractivity contribution in [2.75, 3.05) is 0 Å². The Morgan fingerprint density at radius 3 is 2.32 bits per heavy atom. The van der Waals surface area contributed by atoms with Gasteiger partial charge in [0.05, 0.1) is 10.0 Å². The first kappa shape index (κ1) is 14.3. The second kappa shape index (κ2) is 6.33. The van der Waals surface area contributed by atoms with Crippen LogP contribution in [0.3, 0.4) is 0 Å². The predicted molar refractivity (Wildman–Crippen MR) is 79.1 cm³/mol. The van der Waals surface area contributed by atoms with Crippen LogP contribution in [0.5, 0.6) is 0 Å². The van der Waals surface area contributed by atoms with Crippen LogP contribution in [0.2, 0.25) is 10.0 Å². The first-order valence-corrected chi connectivity index (χ1v) is 7.11. The van der Waals surface area contributed by atoms with Crippen molar-refractivity contribution in [2.45, 2.75) is 10.1 Å². The summed E-state index contributed by atoms with van der Waals surface area (Å²) in [5.41, 5.74) is 0.742. The molecule has 1 N–H and O–H groups in total. The number of hydrogen-bond donors (Lipinski definition) is 1.